The van der Waals surface area contributed by atoms with E-state index < -0.39 is 0 Å². The first kappa shape index (κ1) is 19.4. The van der Waals surface area contributed by atoms with Gasteiger partial charge in [-0.1, -0.05) is 48.5 Å². The molecular weight excluding hydrogens is 372 g/mol. The van der Waals surface area contributed by atoms with Crippen molar-refractivity contribution in [2.24, 2.45) is 0 Å². The Hall–Kier alpha value is -3.92. The predicted molar refractivity (Wildman–Crippen MR) is 122 cm³/mol. The van der Waals surface area contributed by atoms with Crippen molar-refractivity contribution in [2.75, 3.05) is 10.6 Å². The second-order valence-electron chi connectivity index (χ2n) is 7.26. The maximum Gasteiger partial charge on any atom is 0.257 e. The molecule has 30 heavy (non-hydrogen) atoms. The van der Waals surface area contributed by atoms with Crippen molar-refractivity contribution in [1.82, 2.24) is 0 Å². The molecule has 0 heterocycles. The van der Waals surface area contributed by atoms with Gasteiger partial charge < -0.3 is 10.6 Å². The fourth-order valence-electron chi connectivity index (χ4n) is 3.44. The summed E-state index contributed by atoms with van der Waals surface area (Å²) in [6.45, 7) is 4.16. The predicted octanol–water partition coefficient (Wildman–Crippen LogP) is 5.96. The minimum Gasteiger partial charge on any atom is -0.322 e. The summed E-state index contributed by atoms with van der Waals surface area (Å²) in [7, 11) is 0. The van der Waals surface area contributed by atoms with Gasteiger partial charge in [0.2, 0.25) is 0 Å². The van der Waals surface area contributed by atoms with Crippen LogP contribution in [0, 0.1) is 13.8 Å². The Balaban J connectivity index is 1.59. The molecule has 4 rings (SSSR count). The van der Waals surface area contributed by atoms with E-state index in [1.807, 2.05) is 54.6 Å². The van der Waals surface area contributed by atoms with E-state index >= 15 is 0 Å². The van der Waals surface area contributed by atoms with Crippen molar-refractivity contribution in [3.63, 3.8) is 0 Å². The van der Waals surface area contributed by atoms with E-state index in [1.165, 1.54) is 11.1 Å². The zero-order chi connectivity index (χ0) is 21.1. The molecule has 0 fully saturated rings. The van der Waals surface area contributed by atoms with Crippen LogP contribution in [0.3, 0.4) is 0 Å². The number of anilines is 2. The molecule has 2 amide bonds. The average molecular weight is 394 g/mol. The van der Waals surface area contributed by atoms with E-state index in [0.717, 1.165) is 10.8 Å². The number of carbonyl (C=O) groups is 2. The van der Waals surface area contributed by atoms with Gasteiger partial charge in [0.05, 0.1) is 11.3 Å². The van der Waals surface area contributed by atoms with Crippen molar-refractivity contribution in [3.8, 4) is 0 Å². The molecule has 2 N–H and O–H groups in total. The zero-order valence-electron chi connectivity index (χ0n) is 16.9. The van der Waals surface area contributed by atoms with Gasteiger partial charge in [0.15, 0.2) is 0 Å². The van der Waals surface area contributed by atoms with E-state index in [-0.39, 0.29) is 11.8 Å². The van der Waals surface area contributed by atoms with Gasteiger partial charge in [0.1, 0.15) is 0 Å². The summed E-state index contributed by atoms with van der Waals surface area (Å²) in [5, 5.41) is 7.89. The third-order valence-corrected chi connectivity index (χ3v) is 5.27. The Morgan fingerprint density at radius 3 is 2.23 bits per heavy atom. The highest BCUT2D eigenvalue weighted by atomic mass is 16.2. The standard InChI is InChI=1S/C26H22N2O2/c1-17-12-13-19-16-20(14-15-22(19)18(17)2)25(29)28-24-11-7-6-10-23(24)26(30)27-21-8-4-3-5-9-21/h3-16H,1-2H3,(H,27,30)(H,28,29). The topological polar surface area (TPSA) is 58.2 Å². The third kappa shape index (κ3) is 3.94. The Labute approximate surface area is 175 Å². The summed E-state index contributed by atoms with van der Waals surface area (Å²) in [5.74, 6) is -0.531. The fraction of sp³-hybridized carbons (Fsp3) is 0.0769. The van der Waals surface area contributed by atoms with Gasteiger partial charge in [-0.2, -0.15) is 0 Å². The number of fused-ring (bicyclic) bond motifs is 1. The molecule has 4 nitrogen and oxygen atoms in total. The van der Waals surface area contributed by atoms with Crippen LogP contribution in [0.1, 0.15) is 31.8 Å². The highest BCUT2D eigenvalue weighted by Gasteiger charge is 2.15. The Kier molecular flexibility index (Phi) is 5.31. The van der Waals surface area contributed by atoms with Crippen molar-refractivity contribution in [1.29, 1.82) is 0 Å². The SMILES string of the molecule is Cc1ccc2cc(C(=O)Nc3ccccc3C(=O)Nc3ccccc3)ccc2c1C. The lowest BCUT2D eigenvalue weighted by Crippen LogP contribution is -2.18. The second-order valence-corrected chi connectivity index (χ2v) is 7.26. The van der Waals surface area contributed by atoms with Gasteiger partial charge in [-0.3, -0.25) is 9.59 Å². The van der Waals surface area contributed by atoms with E-state index in [4.69, 9.17) is 0 Å². The number of para-hydroxylation sites is 2. The Morgan fingerprint density at radius 1 is 0.700 bits per heavy atom. The number of hydrogen-bond acceptors (Lipinski definition) is 2. The number of benzene rings is 4. The first-order chi connectivity index (χ1) is 14.5. The van der Waals surface area contributed by atoms with E-state index in [9.17, 15) is 9.59 Å². The van der Waals surface area contributed by atoms with Gasteiger partial charge in [-0.05, 0) is 72.1 Å². The molecule has 4 aromatic rings. The Bertz CT molecular complexity index is 1250. The van der Waals surface area contributed by atoms with Gasteiger partial charge in [0, 0.05) is 11.3 Å². The molecular formula is C26H22N2O2. The first-order valence-electron chi connectivity index (χ1n) is 9.79. The molecule has 0 aliphatic carbocycles. The highest BCUT2D eigenvalue weighted by Crippen LogP contribution is 2.24. The zero-order valence-corrected chi connectivity index (χ0v) is 16.9. The van der Waals surface area contributed by atoms with Crippen molar-refractivity contribution >= 4 is 34.0 Å². The van der Waals surface area contributed by atoms with Gasteiger partial charge in [-0.25, -0.2) is 0 Å². The molecule has 0 aliphatic rings. The third-order valence-electron chi connectivity index (χ3n) is 5.27. The van der Waals surface area contributed by atoms with Crippen LogP contribution in [0.25, 0.3) is 10.8 Å². The molecule has 4 heteroatoms. The number of amides is 2. The quantitative estimate of drug-likeness (QED) is 0.449. The lowest BCUT2D eigenvalue weighted by atomic mass is 9.99. The largest absolute Gasteiger partial charge is 0.322 e. The molecule has 0 aliphatic heterocycles. The van der Waals surface area contributed by atoms with E-state index in [0.29, 0.717) is 22.5 Å². The van der Waals surface area contributed by atoms with Crippen molar-refractivity contribution in [3.05, 3.63) is 107 Å². The summed E-state index contributed by atoms with van der Waals surface area (Å²) in [6, 6.07) is 26.0. The number of carbonyl (C=O) groups excluding carboxylic acids is 2. The number of aryl methyl sites for hydroxylation is 2. The average Bonchev–Trinajstić information content (AvgIpc) is 2.77. The van der Waals surface area contributed by atoms with Crippen molar-refractivity contribution < 1.29 is 9.59 Å². The monoisotopic (exact) mass is 394 g/mol. The van der Waals surface area contributed by atoms with E-state index in [1.54, 1.807) is 24.3 Å². The molecule has 148 valence electrons. The number of nitrogens with one attached hydrogen (secondary N) is 2. The smallest absolute Gasteiger partial charge is 0.257 e. The van der Waals surface area contributed by atoms with Crippen LogP contribution in [0.4, 0.5) is 11.4 Å². The molecule has 0 spiro atoms. The van der Waals surface area contributed by atoms with Crippen LogP contribution in [-0.2, 0) is 0 Å². The summed E-state index contributed by atoms with van der Waals surface area (Å²) in [4.78, 5) is 25.6. The van der Waals surface area contributed by atoms with Gasteiger partial charge >= 0.3 is 0 Å². The normalized spacial score (nSPS) is 10.6. The summed E-state index contributed by atoms with van der Waals surface area (Å²) >= 11 is 0. The van der Waals surface area contributed by atoms with Crippen LogP contribution in [-0.4, -0.2) is 11.8 Å². The summed E-state index contributed by atoms with van der Waals surface area (Å²) < 4.78 is 0. The molecule has 4 aromatic carbocycles. The first-order valence-corrected chi connectivity index (χ1v) is 9.79. The van der Waals surface area contributed by atoms with Crippen LogP contribution >= 0.6 is 0 Å². The van der Waals surface area contributed by atoms with Crippen LogP contribution in [0.15, 0.2) is 84.9 Å². The fourth-order valence-corrected chi connectivity index (χ4v) is 3.44. The molecule has 0 saturated carbocycles. The van der Waals surface area contributed by atoms with E-state index in [2.05, 4.69) is 30.5 Å². The molecule has 0 aromatic heterocycles. The lowest BCUT2D eigenvalue weighted by Gasteiger charge is -2.12. The maximum atomic E-state index is 12.9. The Morgan fingerprint density at radius 2 is 1.43 bits per heavy atom. The van der Waals surface area contributed by atoms with Crippen LogP contribution in [0.5, 0.6) is 0 Å². The maximum absolute atomic E-state index is 12.9. The summed E-state index contributed by atoms with van der Waals surface area (Å²) in [6.07, 6.45) is 0. The highest BCUT2D eigenvalue weighted by molar-refractivity contribution is 6.13. The molecule has 0 bridgehead atoms. The minimum atomic E-state index is -0.276. The van der Waals surface area contributed by atoms with Crippen LogP contribution < -0.4 is 10.6 Å². The minimum absolute atomic E-state index is 0.255. The summed E-state index contributed by atoms with van der Waals surface area (Å²) in [5.41, 5.74) is 4.55. The van der Waals surface area contributed by atoms with Gasteiger partial charge in [-0.15, -0.1) is 0 Å². The molecule has 0 radical (unpaired) electrons. The molecule has 0 unspecified atom stereocenters. The molecule has 0 atom stereocenters. The number of hydrogen-bond donors (Lipinski definition) is 2. The number of rotatable bonds is 4. The van der Waals surface area contributed by atoms with Crippen molar-refractivity contribution in [2.45, 2.75) is 13.8 Å². The second kappa shape index (κ2) is 8.21. The van der Waals surface area contributed by atoms with Gasteiger partial charge in [0.25, 0.3) is 11.8 Å². The molecule has 0 saturated heterocycles. The van der Waals surface area contributed by atoms with Crippen LogP contribution in [0.2, 0.25) is 0 Å². The lowest BCUT2D eigenvalue weighted by molar-refractivity contribution is 0.102.